The molecule has 0 saturated carbocycles. The Hall–Kier alpha value is -4.99. The van der Waals surface area contributed by atoms with E-state index in [4.69, 9.17) is 10.5 Å². The molecule has 0 saturated heterocycles. The first-order valence-electron chi connectivity index (χ1n) is 19.4. The summed E-state index contributed by atoms with van der Waals surface area (Å²) in [4.78, 5) is 74.3. The van der Waals surface area contributed by atoms with Crippen molar-refractivity contribution in [2.24, 2.45) is 23.7 Å². The molecule has 16 heteroatoms. The molecule has 2 aromatic rings. The third-order valence-corrected chi connectivity index (χ3v) is 9.12. The van der Waals surface area contributed by atoms with Gasteiger partial charge in [0.2, 0.25) is 17.7 Å². The normalized spacial score (nSPS) is 14.2. The van der Waals surface area contributed by atoms with E-state index in [1.165, 1.54) is 0 Å². The highest BCUT2D eigenvalue weighted by Crippen LogP contribution is 2.23. The molecule has 1 aromatic heterocycles. The van der Waals surface area contributed by atoms with Gasteiger partial charge in [0.05, 0.1) is 18.7 Å². The van der Waals surface area contributed by atoms with Gasteiger partial charge in [0.25, 0.3) is 0 Å². The average Bonchev–Trinajstić information content (AvgIpc) is 3.10. The van der Waals surface area contributed by atoms with Crippen molar-refractivity contribution in [2.45, 2.75) is 132 Å². The largest absolute Gasteiger partial charge is 0.443 e. The number of nitrogens with two attached hydrogens (primary N) is 1. The Kier molecular flexibility index (Phi) is 19.0. The molecule has 5 atom stereocenters. The zero-order valence-corrected chi connectivity index (χ0v) is 34.8. The quantitative estimate of drug-likeness (QED) is 0.101. The van der Waals surface area contributed by atoms with Crippen molar-refractivity contribution in [2.75, 3.05) is 12.3 Å². The number of aryl methyl sites for hydroxylation is 1. The number of carbonyl (C=O) groups excluding carboxylic acids is 5. The van der Waals surface area contributed by atoms with Crippen LogP contribution in [-0.2, 0) is 32.2 Å². The summed E-state index contributed by atoms with van der Waals surface area (Å²) in [7, 11) is 0. The van der Waals surface area contributed by atoms with Gasteiger partial charge in [-0.05, 0) is 63.9 Å². The van der Waals surface area contributed by atoms with Crippen LogP contribution in [-0.4, -0.2) is 80.3 Å². The molecule has 0 fully saturated rings. The maximum Gasteiger partial charge on any atom is 0.426 e. The fraction of sp³-hybridized carbons (Fsp3) is 0.625. The number of hydrogen-bond acceptors (Lipinski definition) is 10. The lowest BCUT2D eigenvalue weighted by Crippen LogP contribution is -2.53. The minimum atomic E-state index is -1.09. The number of rotatable bonds is 19. The molecule has 0 spiro atoms. The second kappa shape index (κ2) is 22.5. The molecule has 2 unspecified atom stereocenters. The van der Waals surface area contributed by atoms with Crippen LogP contribution in [0.1, 0.15) is 105 Å². The van der Waals surface area contributed by atoms with E-state index in [1.807, 2.05) is 59.7 Å². The molecule has 8 N–H and O–H groups in total. The summed E-state index contributed by atoms with van der Waals surface area (Å²) in [5.74, 6) is -1.37. The predicted molar refractivity (Wildman–Crippen MR) is 214 cm³/mol. The van der Waals surface area contributed by atoms with E-state index in [2.05, 4.69) is 36.7 Å². The molecule has 0 aliphatic carbocycles. The molecule has 0 bridgehead atoms. The number of nitrogen functional groups attached to an aromatic ring is 1. The minimum absolute atomic E-state index is 0.0365. The summed E-state index contributed by atoms with van der Waals surface area (Å²) in [6, 6.07) is 6.89. The number of hydrazine groups is 1. The van der Waals surface area contributed by atoms with E-state index >= 15 is 0 Å². The third-order valence-electron chi connectivity index (χ3n) is 9.12. The predicted octanol–water partition coefficient (Wildman–Crippen LogP) is 4.11. The SMILES string of the molecule is CCC(C)C(NC(=O)[C@@H](C[C@H](O)[C@H](CC(C)C)NC(=O)CCNC(=O)N(Cc1ccccc1)NC(=O)OC(C)(C)C)C(C)C)C(=O)NCc1cnc(C)nc1N. The van der Waals surface area contributed by atoms with Crippen LogP contribution < -0.4 is 32.4 Å². The first-order valence-corrected chi connectivity index (χ1v) is 19.4. The van der Waals surface area contributed by atoms with Crippen LogP contribution >= 0.6 is 0 Å². The summed E-state index contributed by atoms with van der Waals surface area (Å²) in [6.45, 7) is 18.4. The maximum absolute atomic E-state index is 13.8. The summed E-state index contributed by atoms with van der Waals surface area (Å²) in [5, 5.41) is 23.9. The molecular weight excluding hydrogens is 718 g/mol. The summed E-state index contributed by atoms with van der Waals surface area (Å²) in [5.41, 5.74) is 9.00. The van der Waals surface area contributed by atoms with E-state index in [9.17, 15) is 29.1 Å². The zero-order chi connectivity index (χ0) is 42.2. The number of aromatic nitrogens is 2. The van der Waals surface area contributed by atoms with Crippen molar-refractivity contribution >= 4 is 35.7 Å². The number of hydrogen-bond donors (Lipinski definition) is 7. The molecule has 0 aliphatic rings. The molecule has 1 heterocycles. The highest BCUT2D eigenvalue weighted by molar-refractivity contribution is 5.89. The lowest BCUT2D eigenvalue weighted by atomic mass is 9.85. The molecule has 2 rings (SSSR count). The van der Waals surface area contributed by atoms with Crippen molar-refractivity contribution in [3.05, 3.63) is 53.5 Å². The molecule has 0 aliphatic heterocycles. The Morgan fingerprint density at radius 1 is 0.946 bits per heavy atom. The Morgan fingerprint density at radius 2 is 1.61 bits per heavy atom. The summed E-state index contributed by atoms with van der Waals surface area (Å²) < 4.78 is 5.32. The number of nitrogens with zero attached hydrogens (tertiary/aromatic N) is 3. The smallest absolute Gasteiger partial charge is 0.426 e. The molecule has 312 valence electrons. The molecule has 56 heavy (non-hydrogen) atoms. The number of aliphatic hydroxyl groups excluding tert-OH is 1. The number of amides is 6. The van der Waals surface area contributed by atoms with Gasteiger partial charge in [-0.2, -0.15) is 0 Å². The third kappa shape index (κ3) is 16.8. The Labute approximate surface area is 331 Å². The van der Waals surface area contributed by atoms with E-state index in [1.54, 1.807) is 46.0 Å². The summed E-state index contributed by atoms with van der Waals surface area (Å²) in [6.07, 6.45) is 0.637. The Morgan fingerprint density at radius 3 is 2.18 bits per heavy atom. The molecule has 6 amide bonds. The number of nitrogens with one attached hydrogen (secondary N) is 5. The lowest BCUT2D eigenvalue weighted by molar-refractivity contribution is -0.134. The fourth-order valence-corrected chi connectivity index (χ4v) is 5.83. The van der Waals surface area contributed by atoms with Crippen LogP contribution in [0.3, 0.4) is 0 Å². The van der Waals surface area contributed by atoms with Crippen molar-refractivity contribution in [3.8, 4) is 0 Å². The second-order valence-corrected chi connectivity index (χ2v) is 16.0. The van der Waals surface area contributed by atoms with Crippen LogP contribution in [0.25, 0.3) is 0 Å². The van der Waals surface area contributed by atoms with Crippen LogP contribution in [0.2, 0.25) is 0 Å². The molecular formula is C40H65N9O7. The number of anilines is 1. The van der Waals surface area contributed by atoms with Crippen LogP contribution in [0.5, 0.6) is 0 Å². The first-order chi connectivity index (χ1) is 26.2. The maximum atomic E-state index is 13.8. The van der Waals surface area contributed by atoms with Crippen molar-refractivity contribution in [3.63, 3.8) is 0 Å². The average molecular weight is 784 g/mol. The number of urea groups is 1. The van der Waals surface area contributed by atoms with Gasteiger partial charge in [-0.3, -0.25) is 14.4 Å². The van der Waals surface area contributed by atoms with Crippen molar-refractivity contribution < 1.29 is 33.8 Å². The van der Waals surface area contributed by atoms with Crippen LogP contribution in [0.15, 0.2) is 36.5 Å². The molecule has 16 nitrogen and oxygen atoms in total. The standard InChI is InChI=1S/C40H65N9O7/c1-11-26(6)34(37(53)44-22-29-21-43-27(7)45-35(29)41)47-36(52)30(25(4)5)20-32(50)31(19-24(2)3)46-33(51)17-18-42-38(54)49(23-28-15-13-12-14-16-28)48-39(55)56-40(8,9)10/h12-16,21,24-26,30-32,34,50H,11,17-20,22-23H2,1-10H3,(H,42,54)(H,44,53)(H,46,51)(H,47,52)(H,48,55)(H2,41,43,45)/t26?,30-,31-,32-,34?/m0/s1. The first kappa shape index (κ1) is 47.2. The molecule has 0 radical (unpaired) electrons. The number of benzene rings is 1. The van der Waals surface area contributed by atoms with E-state index in [0.29, 0.717) is 24.2 Å². The summed E-state index contributed by atoms with van der Waals surface area (Å²) >= 11 is 0. The van der Waals surface area contributed by atoms with Crippen LogP contribution in [0, 0.1) is 30.6 Å². The van der Waals surface area contributed by atoms with Gasteiger partial charge in [-0.25, -0.2) is 30.0 Å². The van der Waals surface area contributed by atoms with Crippen molar-refractivity contribution in [1.29, 1.82) is 0 Å². The Bertz CT molecular complexity index is 1580. The zero-order valence-electron chi connectivity index (χ0n) is 34.8. The topological polar surface area (TPSA) is 230 Å². The Balaban J connectivity index is 2.07. The molecule has 1 aromatic carbocycles. The number of carbonyl (C=O) groups is 5. The van der Waals surface area contributed by atoms with Gasteiger partial charge in [-0.15, -0.1) is 0 Å². The van der Waals surface area contributed by atoms with Gasteiger partial charge in [-0.1, -0.05) is 78.3 Å². The van der Waals surface area contributed by atoms with Gasteiger partial charge < -0.3 is 36.8 Å². The van der Waals surface area contributed by atoms with E-state index in [-0.39, 0.29) is 67.9 Å². The highest BCUT2D eigenvalue weighted by atomic mass is 16.6. The minimum Gasteiger partial charge on any atom is -0.443 e. The van der Waals surface area contributed by atoms with E-state index < -0.39 is 47.7 Å². The van der Waals surface area contributed by atoms with E-state index in [0.717, 1.165) is 10.6 Å². The second-order valence-electron chi connectivity index (χ2n) is 16.0. The van der Waals surface area contributed by atoms with Gasteiger partial charge in [0, 0.05) is 37.2 Å². The highest BCUT2D eigenvalue weighted by Gasteiger charge is 2.34. The fourth-order valence-electron chi connectivity index (χ4n) is 5.83. The monoisotopic (exact) mass is 784 g/mol. The number of aliphatic hydroxyl groups is 1. The van der Waals surface area contributed by atoms with Gasteiger partial charge in [0.15, 0.2) is 0 Å². The van der Waals surface area contributed by atoms with Gasteiger partial charge in [0.1, 0.15) is 23.3 Å². The number of ether oxygens (including phenoxy) is 1. The lowest BCUT2D eigenvalue weighted by Gasteiger charge is -2.31. The van der Waals surface area contributed by atoms with Gasteiger partial charge >= 0.3 is 12.1 Å². The van der Waals surface area contributed by atoms with Crippen LogP contribution in [0.4, 0.5) is 15.4 Å². The van der Waals surface area contributed by atoms with Crippen molar-refractivity contribution in [1.82, 2.24) is 41.7 Å².